The first-order valence-corrected chi connectivity index (χ1v) is 4.60. The maximum Gasteiger partial charge on any atom is 0.179 e. The molecule has 0 bridgehead atoms. The number of rotatable bonds is 3. The number of hydrogen-bond acceptors (Lipinski definition) is 2. The van der Waals surface area contributed by atoms with Gasteiger partial charge in [0.1, 0.15) is 0 Å². The highest BCUT2D eigenvalue weighted by Gasteiger charge is 2.12. The molecule has 1 rings (SSSR count). The van der Waals surface area contributed by atoms with Crippen molar-refractivity contribution in [3.05, 3.63) is 34.9 Å². The average Bonchev–Trinajstić information content (AvgIpc) is 2.18. The Morgan fingerprint density at radius 1 is 1.43 bits per heavy atom. The van der Waals surface area contributed by atoms with Gasteiger partial charge in [-0.1, -0.05) is 12.1 Å². The zero-order valence-corrected chi connectivity index (χ0v) is 8.72. The molecule has 1 unspecified atom stereocenters. The number of carbonyl (C=O) groups is 1. The molecule has 2 heteroatoms. The third-order valence-electron chi connectivity index (χ3n) is 2.40. The molecule has 2 nitrogen and oxygen atoms in total. The van der Waals surface area contributed by atoms with Gasteiger partial charge in [-0.2, -0.15) is 0 Å². The summed E-state index contributed by atoms with van der Waals surface area (Å²) in [5.41, 5.74) is 2.67. The van der Waals surface area contributed by atoms with E-state index in [4.69, 9.17) is 4.11 Å². The second kappa shape index (κ2) is 4.38. The molecule has 0 heterocycles. The fraction of sp³-hybridized carbons (Fsp3) is 0.417. The van der Waals surface area contributed by atoms with Crippen molar-refractivity contribution in [2.45, 2.75) is 26.8 Å². The van der Waals surface area contributed by atoms with Crippen LogP contribution in [0.2, 0.25) is 0 Å². The first-order valence-electron chi connectivity index (χ1n) is 6.10. The summed E-state index contributed by atoms with van der Waals surface area (Å²) in [5.74, 6) is -0.204. The number of ketones is 1. The molecule has 0 aliphatic carbocycles. The van der Waals surface area contributed by atoms with Crippen LogP contribution in [0.25, 0.3) is 0 Å². The second-order valence-corrected chi connectivity index (χ2v) is 3.53. The third-order valence-corrected chi connectivity index (χ3v) is 2.40. The number of Topliss-reactive ketones (excluding diaryl/α,β-unsaturated/α-hetero) is 1. The first-order chi connectivity index (χ1) is 7.70. The van der Waals surface area contributed by atoms with Crippen LogP contribution in [0.5, 0.6) is 0 Å². The van der Waals surface area contributed by atoms with E-state index in [1.165, 1.54) is 0 Å². The first kappa shape index (κ1) is 7.18. The lowest BCUT2D eigenvalue weighted by molar-refractivity contribution is 0.0955. The minimum atomic E-state index is -2.30. The van der Waals surface area contributed by atoms with Crippen molar-refractivity contribution >= 4 is 5.78 Å². The quantitative estimate of drug-likeness (QED) is 0.746. The van der Waals surface area contributed by atoms with Gasteiger partial charge in [0.25, 0.3) is 0 Å². The topological polar surface area (TPSA) is 29.1 Å². The molecular weight excluding hydrogens is 174 g/mol. The van der Waals surface area contributed by atoms with Crippen molar-refractivity contribution in [1.29, 1.82) is 0 Å². The second-order valence-electron chi connectivity index (χ2n) is 3.53. The van der Waals surface area contributed by atoms with Crippen LogP contribution in [-0.4, -0.2) is 18.8 Å². The average molecular weight is 194 g/mol. The summed E-state index contributed by atoms with van der Waals surface area (Å²) in [7, 11) is 0. The van der Waals surface area contributed by atoms with Gasteiger partial charge in [0.2, 0.25) is 0 Å². The molecule has 0 spiro atoms. The van der Waals surface area contributed by atoms with Gasteiger partial charge in [0.15, 0.2) is 5.78 Å². The lowest BCUT2D eigenvalue weighted by Crippen LogP contribution is -2.30. The van der Waals surface area contributed by atoms with Crippen LogP contribution in [0.15, 0.2) is 18.2 Å². The normalized spacial score (nSPS) is 16.6. The van der Waals surface area contributed by atoms with Crippen molar-refractivity contribution in [1.82, 2.24) is 5.32 Å². The van der Waals surface area contributed by atoms with Crippen LogP contribution in [0, 0.1) is 13.8 Å². The highest BCUT2D eigenvalue weighted by molar-refractivity contribution is 6.00. The van der Waals surface area contributed by atoms with Gasteiger partial charge in [-0.05, 0) is 44.9 Å². The van der Waals surface area contributed by atoms with E-state index in [0.29, 0.717) is 5.56 Å². The van der Waals surface area contributed by atoms with Crippen LogP contribution < -0.4 is 5.32 Å². The summed E-state index contributed by atoms with van der Waals surface area (Å²) in [4.78, 5) is 12.0. The Kier molecular flexibility index (Phi) is 2.25. The molecule has 0 amide bonds. The Bertz CT molecular complexity index is 426. The summed E-state index contributed by atoms with van der Waals surface area (Å²) in [5, 5.41) is 2.30. The summed E-state index contributed by atoms with van der Waals surface area (Å²) in [6.45, 7) is 3.15. The van der Waals surface area contributed by atoms with Crippen molar-refractivity contribution in [3.63, 3.8) is 0 Å². The molecule has 1 atom stereocenters. The Balaban J connectivity index is 2.85. The number of benzene rings is 1. The van der Waals surface area contributed by atoms with Crippen molar-refractivity contribution in [2.75, 3.05) is 6.98 Å². The molecule has 1 N–H and O–H groups in total. The van der Waals surface area contributed by atoms with Crippen LogP contribution in [0.1, 0.15) is 32.5 Å². The predicted molar refractivity (Wildman–Crippen MR) is 58.8 cm³/mol. The van der Waals surface area contributed by atoms with E-state index in [0.717, 1.165) is 11.1 Å². The standard InChI is InChI=1S/C12H17NO/c1-8-5-6-11(7-9(8)2)12(14)10(3)13-4/h5-7,10,13H,1-4H3/i4D3. The highest BCUT2D eigenvalue weighted by atomic mass is 16.1. The van der Waals surface area contributed by atoms with Gasteiger partial charge in [-0.15, -0.1) is 0 Å². The van der Waals surface area contributed by atoms with Crippen molar-refractivity contribution < 1.29 is 8.91 Å². The van der Waals surface area contributed by atoms with Crippen LogP contribution >= 0.6 is 0 Å². The van der Waals surface area contributed by atoms with Gasteiger partial charge in [0.05, 0.1) is 6.04 Å². The van der Waals surface area contributed by atoms with Crippen molar-refractivity contribution in [3.8, 4) is 0 Å². The Morgan fingerprint density at radius 3 is 2.71 bits per heavy atom. The van der Waals surface area contributed by atoms with Crippen LogP contribution in [0.3, 0.4) is 0 Å². The monoisotopic (exact) mass is 194 g/mol. The van der Waals surface area contributed by atoms with E-state index < -0.39 is 13.0 Å². The van der Waals surface area contributed by atoms with Crippen LogP contribution in [0.4, 0.5) is 0 Å². The Hall–Kier alpha value is -1.15. The molecule has 0 aliphatic heterocycles. The fourth-order valence-electron chi connectivity index (χ4n) is 1.21. The van der Waals surface area contributed by atoms with E-state index >= 15 is 0 Å². The molecule has 0 saturated carbocycles. The minimum absolute atomic E-state index is 0.204. The summed E-state index contributed by atoms with van der Waals surface area (Å²) in [6.07, 6.45) is 0. The van der Waals surface area contributed by atoms with E-state index in [9.17, 15) is 4.79 Å². The SMILES string of the molecule is [2H]C([2H])([2H])NC(C)C(=O)c1ccc(C)c(C)c1. The van der Waals surface area contributed by atoms with Gasteiger partial charge < -0.3 is 5.32 Å². The predicted octanol–water partition coefficient (Wildman–Crippen LogP) is 2.09. The Labute approximate surface area is 89.5 Å². The van der Waals surface area contributed by atoms with Gasteiger partial charge in [0, 0.05) is 9.68 Å². The maximum absolute atomic E-state index is 12.0. The Morgan fingerprint density at radius 2 is 2.14 bits per heavy atom. The van der Waals surface area contributed by atoms with Gasteiger partial charge in [-0.25, -0.2) is 0 Å². The van der Waals surface area contributed by atoms with E-state index in [-0.39, 0.29) is 5.78 Å². The van der Waals surface area contributed by atoms with Crippen LogP contribution in [-0.2, 0) is 0 Å². The fourth-order valence-corrected chi connectivity index (χ4v) is 1.21. The molecule has 0 radical (unpaired) electrons. The van der Waals surface area contributed by atoms with Crippen molar-refractivity contribution in [2.24, 2.45) is 0 Å². The third kappa shape index (κ3) is 2.20. The molecule has 1 aromatic rings. The molecule has 1 aromatic carbocycles. The smallest absolute Gasteiger partial charge is 0.179 e. The minimum Gasteiger partial charge on any atom is -0.310 e. The number of aryl methyl sites for hydroxylation is 2. The number of nitrogens with one attached hydrogen (secondary N) is 1. The highest BCUT2D eigenvalue weighted by Crippen LogP contribution is 2.11. The van der Waals surface area contributed by atoms with Gasteiger partial charge >= 0.3 is 0 Å². The summed E-state index contributed by atoms with van der Waals surface area (Å²) < 4.78 is 21.2. The van der Waals surface area contributed by atoms with E-state index in [1.54, 1.807) is 19.1 Å². The van der Waals surface area contributed by atoms with E-state index in [2.05, 4.69) is 5.32 Å². The molecule has 0 saturated heterocycles. The maximum atomic E-state index is 12.0. The zero-order valence-electron chi connectivity index (χ0n) is 11.7. The largest absolute Gasteiger partial charge is 0.310 e. The zero-order chi connectivity index (χ0) is 13.2. The lowest BCUT2D eigenvalue weighted by atomic mass is 10.0. The van der Waals surface area contributed by atoms with Gasteiger partial charge in [-0.3, -0.25) is 4.79 Å². The summed E-state index contributed by atoms with van der Waals surface area (Å²) >= 11 is 0. The molecule has 0 aliphatic rings. The molecule has 0 aromatic heterocycles. The van der Waals surface area contributed by atoms with E-state index in [1.807, 2.05) is 19.9 Å². The summed E-state index contributed by atoms with van der Waals surface area (Å²) in [6, 6.07) is 4.66. The molecule has 76 valence electrons. The number of likely N-dealkylation sites (N-methyl/N-ethyl adjacent to an activating group) is 1. The number of carbonyl (C=O) groups excluding carboxylic acids is 1. The molecule has 14 heavy (non-hydrogen) atoms. The number of hydrogen-bond donors (Lipinski definition) is 1. The molecule has 0 fully saturated rings. The molecular formula is C12H17NO. The lowest BCUT2D eigenvalue weighted by Gasteiger charge is -2.10.